The van der Waals surface area contributed by atoms with Gasteiger partial charge in [-0.15, -0.1) is 0 Å². The van der Waals surface area contributed by atoms with Gasteiger partial charge >= 0.3 is 0 Å². The van der Waals surface area contributed by atoms with E-state index in [1.165, 1.54) is 23.2 Å². The zero-order chi connectivity index (χ0) is 19.8. The first-order valence-corrected chi connectivity index (χ1v) is 9.10. The van der Waals surface area contributed by atoms with Crippen molar-refractivity contribution in [1.82, 2.24) is 0 Å². The van der Waals surface area contributed by atoms with Gasteiger partial charge in [-0.05, 0) is 42.8 Å². The Morgan fingerprint density at radius 3 is 2.52 bits per heavy atom. The molecule has 1 aliphatic rings. The summed E-state index contributed by atoms with van der Waals surface area (Å²) >= 11 is 3.33. The van der Waals surface area contributed by atoms with Gasteiger partial charge in [0.25, 0.3) is 11.8 Å². The van der Waals surface area contributed by atoms with Crippen LogP contribution >= 0.6 is 15.9 Å². The molecule has 1 aliphatic heterocycles. The molecule has 140 valence electrons. The first-order chi connectivity index (χ1) is 12.7. The van der Waals surface area contributed by atoms with Crippen LogP contribution in [0.15, 0.2) is 58.1 Å². The molecule has 0 N–H and O–H groups in total. The quantitative estimate of drug-likeness (QED) is 0.639. The summed E-state index contributed by atoms with van der Waals surface area (Å²) in [6, 6.07) is 12.7. The molecule has 0 bridgehead atoms. The average Bonchev–Trinajstić information content (AvgIpc) is 2.89. The fraction of sp³-hybridized carbons (Fsp3) is 0.250. The van der Waals surface area contributed by atoms with E-state index in [4.69, 9.17) is 0 Å². The Morgan fingerprint density at radius 2 is 1.89 bits per heavy atom. The van der Waals surface area contributed by atoms with Crippen LogP contribution in [0.25, 0.3) is 0 Å². The molecule has 0 radical (unpaired) electrons. The summed E-state index contributed by atoms with van der Waals surface area (Å²) in [6.07, 6.45) is -0.110. The van der Waals surface area contributed by atoms with E-state index in [1.807, 2.05) is 0 Å². The molecule has 27 heavy (non-hydrogen) atoms. The van der Waals surface area contributed by atoms with Gasteiger partial charge in [0.05, 0.1) is 11.4 Å². The summed E-state index contributed by atoms with van der Waals surface area (Å²) in [5.74, 6) is -4.79. The highest BCUT2D eigenvalue weighted by Gasteiger charge is 2.39. The summed E-state index contributed by atoms with van der Waals surface area (Å²) in [6.45, 7) is 2.43. The maximum Gasteiger partial charge on any atom is 0.270 e. The second-order valence-electron chi connectivity index (χ2n) is 6.53. The predicted octanol–water partition coefficient (Wildman–Crippen LogP) is 4.71. The third kappa shape index (κ3) is 4.13. The number of Topliss-reactive ketones (excluding diaryl/α,β-unsaturated/α-hetero) is 1. The summed E-state index contributed by atoms with van der Waals surface area (Å²) in [5, 5.41) is 5.42. The van der Waals surface area contributed by atoms with Gasteiger partial charge in [0.1, 0.15) is 5.92 Å². The Hall–Kier alpha value is -2.41. The van der Waals surface area contributed by atoms with Gasteiger partial charge in [0.15, 0.2) is 5.78 Å². The molecule has 1 unspecified atom stereocenters. The fourth-order valence-corrected chi connectivity index (χ4v) is 3.23. The number of benzene rings is 2. The number of halogens is 3. The Bertz CT molecular complexity index is 920. The van der Waals surface area contributed by atoms with Crippen LogP contribution in [-0.2, 0) is 21.9 Å². The van der Waals surface area contributed by atoms with Crippen LogP contribution in [0.5, 0.6) is 0 Å². The molecule has 0 aliphatic carbocycles. The molecule has 2 aromatic carbocycles. The Kier molecular flexibility index (Phi) is 5.24. The van der Waals surface area contributed by atoms with Crippen molar-refractivity contribution in [2.75, 3.05) is 5.01 Å². The van der Waals surface area contributed by atoms with Crippen molar-refractivity contribution in [3.63, 3.8) is 0 Å². The molecule has 1 heterocycles. The van der Waals surface area contributed by atoms with E-state index in [9.17, 15) is 18.4 Å². The minimum absolute atomic E-state index is 0.110. The second-order valence-corrected chi connectivity index (χ2v) is 7.45. The first-order valence-electron chi connectivity index (χ1n) is 8.31. The van der Waals surface area contributed by atoms with E-state index < -0.39 is 17.7 Å². The minimum atomic E-state index is -2.99. The van der Waals surface area contributed by atoms with E-state index in [-0.39, 0.29) is 17.8 Å². The van der Waals surface area contributed by atoms with Gasteiger partial charge in [0.2, 0.25) is 0 Å². The lowest BCUT2D eigenvalue weighted by atomic mass is 9.93. The Labute approximate surface area is 164 Å². The van der Waals surface area contributed by atoms with Crippen LogP contribution in [0, 0.1) is 5.92 Å². The monoisotopic (exact) mass is 434 g/mol. The summed E-state index contributed by atoms with van der Waals surface area (Å²) in [7, 11) is 0. The van der Waals surface area contributed by atoms with Crippen LogP contribution in [0.4, 0.5) is 14.5 Å². The van der Waals surface area contributed by atoms with Gasteiger partial charge in [-0.3, -0.25) is 9.59 Å². The number of ketones is 1. The number of rotatable bonds is 5. The highest BCUT2D eigenvalue weighted by molar-refractivity contribution is 9.10. The molecule has 1 amide bonds. The number of anilines is 1. The van der Waals surface area contributed by atoms with Crippen molar-refractivity contribution in [3.05, 3.63) is 64.1 Å². The lowest BCUT2D eigenvalue weighted by Gasteiger charge is -2.15. The van der Waals surface area contributed by atoms with Crippen LogP contribution in [-0.4, -0.2) is 17.4 Å². The molecule has 7 heteroatoms. The largest absolute Gasteiger partial charge is 0.298 e. The summed E-state index contributed by atoms with van der Waals surface area (Å²) < 4.78 is 27.9. The van der Waals surface area contributed by atoms with Gasteiger partial charge < -0.3 is 0 Å². The van der Waals surface area contributed by atoms with Crippen LogP contribution in [0.3, 0.4) is 0 Å². The second kappa shape index (κ2) is 7.31. The van der Waals surface area contributed by atoms with Crippen LogP contribution < -0.4 is 5.01 Å². The molecule has 1 atom stereocenters. The molecular weight excluding hydrogens is 418 g/mol. The van der Waals surface area contributed by atoms with E-state index in [0.717, 1.165) is 11.4 Å². The topological polar surface area (TPSA) is 49.7 Å². The number of alkyl halides is 2. The van der Waals surface area contributed by atoms with Gasteiger partial charge in [-0.2, -0.15) is 10.1 Å². The third-order valence-corrected chi connectivity index (χ3v) is 4.87. The van der Waals surface area contributed by atoms with Crippen molar-refractivity contribution in [2.45, 2.75) is 26.2 Å². The molecule has 3 rings (SSSR count). The molecule has 4 nitrogen and oxygen atoms in total. The molecule has 0 aromatic heterocycles. The van der Waals surface area contributed by atoms with E-state index in [1.54, 1.807) is 37.3 Å². The SMILES string of the molecule is CC1=NN(c2ccc(Br)cc2)C(=O)C1C(=O)Cc1cccc(C(C)(F)F)c1. The number of carbonyl (C=O) groups is 2. The minimum Gasteiger partial charge on any atom is -0.298 e. The number of carbonyl (C=O) groups excluding carboxylic acids is 2. The lowest BCUT2D eigenvalue weighted by Crippen LogP contribution is -2.33. The number of hydrazone groups is 1. The molecule has 0 saturated heterocycles. The van der Waals surface area contributed by atoms with E-state index >= 15 is 0 Å². The Morgan fingerprint density at radius 1 is 1.22 bits per heavy atom. The highest BCUT2D eigenvalue weighted by Crippen LogP contribution is 2.29. The van der Waals surface area contributed by atoms with Gasteiger partial charge in [-0.1, -0.05) is 34.1 Å². The third-order valence-electron chi connectivity index (χ3n) is 4.34. The van der Waals surface area contributed by atoms with Crippen molar-refractivity contribution >= 4 is 39.0 Å². The van der Waals surface area contributed by atoms with E-state index in [0.29, 0.717) is 17.0 Å². The van der Waals surface area contributed by atoms with Crippen LogP contribution in [0.2, 0.25) is 0 Å². The molecule has 0 fully saturated rings. The van der Waals surface area contributed by atoms with Crippen molar-refractivity contribution < 1.29 is 18.4 Å². The standard InChI is InChI=1S/C20H17BrF2N2O2/c1-12-18(19(27)25(24-12)16-8-6-15(21)7-9-16)17(26)11-13-4-3-5-14(10-13)20(2,22)23/h3-10,18H,11H2,1-2H3. The molecular formula is C20H17BrF2N2O2. The number of hydrogen-bond acceptors (Lipinski definition) is 3. The van der Waals surface area contributed by atoms with Gasteiger partial charge in [0, 0.05) is 23.4 Å². The van der Waals surface area contributed by atoms with Crippen LogP contribution in [0.1, 0.15) is 25.0 Å². The number of nitrogens with zero attached hydrogens (tertiary/aromatic N) is 2. The molecule has 2 aromatic rings. The normalized spacial score (nSPS) is 17.2. The van der Waals surface area contributed by atoms with Crippen molar-refractivity contribution in [1.29, 1.82) is 0 Å². The fourth-order valence-electron chi connectivity index (χ4n) is 2.96. The molecule has 0 spiro atoms. The summed E-state index contributed by atoms with van der Waals surface area (Å²) in [5.41, 5.74) is 1.24. The Balaban J connectivity index is 1.79. The summed E-state index contributed by atoms with van der Waals surface area (Å²) in [4.78, 5) is 25.4. The number of hydrogen-bond donors (Lipinski definition) is 0. The predicted molar refractivity (Wildman–Crippen MR) is 103 cm³/mol. The average molecular weight is 435 g/mol. The zero-order valence-electron chi connectivity index (χ0n) is 14.7. The van der Waals surface area contributed by atoms with Crippen molar-refractivity contribution in [3.8, 4) is 0 Å². The maximum atomic E-state index is 13.5. The smallest absolute Gasteiger partial charge is 0.270 e. The van der Waals surface area contributed by atoms with E-state index in [2.05, 4.69) is 21.0 Å². The zero-order valence-corrected chi connectivity index (χ0v) is 16.3. The van der Waals surface area contributed by atoms with Crippen molar-refractivity contribution in [2.24, 2.45) is 11.0 Å². The highest BCUT2D eigenvalue weighted by atomic mass is 79.9. The number of amides is 1. The maximum absolute atomic E-state index is 13.5. The first kappa shape index (κ1) is 19.4. The molecule has 0 saturated carbocycles. The lowest BCUT2D eigenvalue weighted by molar-refractivity contribution is -0.128. The van der Waals surface area contributed by atoms with Gasteiger partial charge in [-0.25, -0.2) is 8.78 Å².